The fourth-order valence-corrected chi connectivity index (χ4v) is 8.42. The Morgan fingerprint density at radius 3 is 1.84 bits per heavy atom. The number of amides is 4. The minimum absolute atomic E-state index is 0.120. The number of nitrogens with one attached hydrogen (secondary N) is 2. The van der Waals surface area contributed by atoms with E-state index in [1.165, 1.54) is 12.8 Å². The molecule has 6 aliphatic rings. The average molecular weight is 796 g/mol. The normalized spacial score (nSPS) is 23.0. The van der Waals surface area contributed by atoms with E-state index >= 15 is 0 Å². The van der Waals surface area contributed by atoms with Crippen LogP contribution in [0, 0.1) is 5.92 Å². The molecule has 15 nitrogen and oxygen atoms in total. The lowest BCUT2D eigenvalue weighted by molar-refractivity contribution is 0.0616. The van der Waals surface area contributed by atoms with Crippen molar-refractivity contribution in [2.75, 3.05) is 94.3 Å². The number of hydrogen-bond acceptors (Lipinski definition) is 11. The Kier molecular flexibility index (Phi) is 11.8. The van der Waals surface area contributed by atoms with Gasteiger partial charge in [0.15, 0.2) is 11.6 Å². The third kappa shape index (κ3) is 8.70. The molecule has 4 aromatic rings. The first-order chi connectivity index (χ1) is 27.8. The summed E-state index contributed by atoms with van der Waals surface area (Å²) in [4.78, 5) is 53.7. The minimum atomic E-state index is -0.199. The molecule has 4 saturated heterocycles. The molecule has 0 spiro atoms. The zero-order valence-electron chi connectivity index (χ0n) is 32.5. The van der Waals surface area contributed by atoms with Crippen molar-refractivity contribution in [1.82, 2.24) is 19.9 Å². The lowest BCUT2D eigenvalue weighted by Gasteiger charge is -2.38. The van der Waals surface area contributed by atoms with Crippen LogP contribution in [0.3, 0.4) is 0 Å². The molecule has 0 aromatic carbocycles. The first kappa shape index (κ1) is 38.6. The van der Waals surface area contributed by atoms with Gasteiger partial charge in [-0.25, -0.2) is 19.6 Å². The van der Waals surface area contributed by atoms with E-state index in [4.69, 9.17) is 26.1 Å². The zero-order chi connectivity index (χ0) is 39.3. The van der Waals surface area contributed by atoms with Crippen molar-refractivity contribution in [1.29, 1.82) is 0 Å². The zero-order valence-corrected chi connectivity index (χ0v) is 33.2. The number of halogens is 1. The van der Waals surface area contributed by atoms with Crippen molar-refractivity contribution >= 4 is 63.9 Å². The smallest absolute Gasteiger partial charge is 0.327 e. The highest BCUT2D eigenvalue weighted by atomic mass is 35.5. The summed E-state index contributed by atoms with van der Waals surface area (Å²) < 4.78 is 10.7. The van der Waals surface area contributed by atoms with Gasteiger partial charge in [0.05, 0.1) is 66.5 Å². The maximum absolute atomic E-state index is 13.2. The van der Waals surface area contributed by atoms with E-state index in [-0.39, 0.29) is 30.2 Å². The van der Waals surface area contributed by atoms with Crippen LogP contribution in [-0.4, -0.2) is 109 Å². The Bertz CT molecular complexity index is 2010. The summed E-state index contributed by atoms with van der Waals surface area (Å²) >= 11 is 6.02. The number of ether oxygens (including phenoxy) is 2. The fraction of sp³-hybridized carbons (Fsp3) is 0.463. The molecule has 2 N–H and O–H groups in total. The second-order valence-corrected chi connectivity index (χ2v) is 15.7. The monoisotopic (exact) mass is 795 g/mol. The van der Waals surface area contributed by atoms with Gasteiger partial charge in [0, 0.05) is 58.3 Å². The molecule has 0 unspecified atom stereocenters. The van der Waals surface area contributed by atoms with Crippen molar-refractivity contribution < 1.29 is 19.1 Å². The van der Waals surface area contributed by atoms with Gasteiger partial charge in [-0.2, -0.15) is 0 Å². The van der Waals surface area contributed by atoms with Crippen molar-refractivity contribution in [3.05, 3.63) is 78.5 Å². The number of nitrogens with zero attached hydrogens (tertiary/aromatic N) is 9. The summed E-state index contributed by atoms with van der Waals surface area (Å²) in [6.45, 7) is 12.1. The molecule has 57 heavy (non-hydrogen) atoms. The van der Waals surface area contributed by atoms with Gasteiger partial charge in [0.2, 0.25) is 0 Å². The standard InChI is InChI=1S/C20H24N6O2.C15H14ClN5O.C6H12O/c1-14-13-28-10-9-25(14)18-5-4-17-19(23-18)26(16-6-8-24(17)12-16)20(27)22-15-3-2-7-21-11-15;16-13-4-3-12-14(19-13)21(11-5-7-20(12)9-11)15(22)18-10-2-1-6-17-8-10;1-6-3-2-4-7-5-6/h2-5,7,11,14,16H,6,8-10,12-13H2,1H3,(H,22,27);1-4,6,8,11H,5,7,9H2,(H,18,22);6H,2-5H2,1H3/t14-,16+;11-;6-/m100/s1. The van der Waals surface area contributed by atoms with E-state index in [9.17, 15) is 9.59 Å². The fourth-order valence-electron chi connectivity index (χ4n) is 8.28. The molecule has 10 heterocycles. The van der Waals surface area contributed by atoms with E-state index in [1.807, 2.05) is 29.2 Å². The van der Waals surface area contributed by atoms with E-state index < -0.39 is 0 Å². The SMILES string of the molecule is C[C@@H]1COCCN1c1ccc2c(n1)N(C(=O)Nc1cccnc1)[C@H]1CCN2C1.C[C@H]1CCCOC1.O=C(Nc1cccnc1)N1c2nc(Cl)ccc2N2CC[C@H]1C2. The molecule has 0 radical (unpaired) electrons. The first-order valence-corrected chi connectivity index (χ1v) is 20.3. The number of carbonyl (C=O) groups is 2. The third-order valence-electron chi connectivity index (χ3n) is 11.2. The highest BCUT2D eigenvalue weighted by Gasteiger charge is 2.42. The first-order valence-electron chi connectivity index (χ1n) is 19.9. The molecule has 4 bridgehead atoms. The van der Waals surface area contributed by atoms with Crippen molar-refractivity contribution in [2.45, 2.75) is 57.7 Å². The van der Waals surface area contributed by atoms with Gasteiger partial charge in [0.25, 0.3) is 0 Å². The molecule has 4 atom stereocenters. The predicted molar refractivity (Wildman–Crippen MR) is 223 cm³/mol. The predicted octanol–water partition coefficient (Wildman–Crippen LogP) is 6.53. The van der Waals surface area contributed by atoms with E-state index in [0.717, 1.165) is 87.7 Å². The number of aromatic nitrogens is 4. The maximum atomic E-state index is 13.2. The van der Waals surface area contributed by atoms with Crippen molar-refractivity contribution in [2.24, 2.45) is 5.92 Å². The van der Waals surface area contributed by atoms with Crippen LogP contribution in [-0.2, 0) is 9.47 Å². The second-order valence-electron chi connectivity index (χ2n) is 15.3. The number of rotatable bonds is 3. The number of carbonyl (C=O) groups excluding carboxylic acids is 2. The van der Waals surface area contributed by atoms with E-state index in [1.54, 1.807) is 41.8 Å². The number of morpholine rings is 1. The van der Waals surface area contributed by atoms with Crippen LogP contribution in [0.1, 0.15) is 39.5 Å². The molecule has 6 aliphatic heterocycles. The van der Waals surface area contributed by atoms with Gasteiger partial charge >= 0.3 is 12.1 Å². The minimum Gasteiger partial charge on any atom is -0.381 e. The summed E-state index contributed by atoms with van der Waals surface area (Å²) in [7, 11) is 0. The molecule has 300 valence electrons. The number of anilines is 7. The summed E-state index contributed by atoms with van der Waals surface area (Å²) in [6.07, 6.45) is 11.1. The van der Waals surface area contributed by atoms with Crippen molar-refractivity contribution in [3.8, 4) is 0 Å². The largest absolute Gasteiger partial charge is 0.381 e. The Morgan fingerprint density at radius 2 is 1.32 bits per heavy atom. The molecule has 0 saturated carbocycles. The van der Waals surface area contributed by atoms with Crippen molar-refractivity contribution in [3.63, 3.8) is 0 Å². The summed E-state index contributed by atoms with van der Waals surface area (Å²) in [5, 5.41) is 6.24. The van der Waals surface area contributed by atoms with Crippen LogP contribution >= 0.6 is 11.6 Å². The highest BCUT2D eigenvalue weighted by molar-refractivity contribution is 6.29. The molecule has 4 amide bonds. The van der Waals surface area contributed by atoms with Crippen LogP contribution in [0.5, 0.6) is 0 Å². The topological polar surface area (TPSA) is 144 Å². The van der Waals surface area contributed by atoms with Crippen LogP contribution in [0.15, 0.2) is 73.3 Å². The van der Waals surface area contributed by atoms with Gasteiger partial charge in [-0.3, -0.25) is 19.8 Å². The molecule has 0 aliphatic carbocycles. The van der Waals surface area contributed by atoms with Crippen LogP contribution in [0.4, 0.5) is 49.8 Å². The number of hydrogen-bond donors (Lipinski definition) is 2. The molecule has 10 rings (SSSR count). The third-order valence-corrected chi connectivity index (χ3v) is 11.4. The second kappa shape index (κ2) is 17.5. The lowest BCUT2D eigenvalue weighted by Crippen LogP contribution is -2.49. The van der Waals surface area contributed by atoms with Crippen LogP contribution < -0.4 is 35.1 Å². The summed E-state index contributed by atoms with van der Waals surface area (Å²) in [5.74, 6) is 3.08. The van der Waals surface area contributed by atoms with Crippen LogP contribution in [0.25, 0.3) is 0 Å². The van der Waals surface area contributed by atoms with Gasteiger partial charge in [-0.1, -0.05) is 18.5 Å². The van der Waals surface area contributed by atoms with E-state index in [0.29, 0.717) is 35.6 Å². The highest BCUT2D eigenvalue weighted by Crippen LogP contribution is 2.41. The van der Waals surface area contributed by atoms with Gasteiger partial charge in [-0.05, 0) is 87.1 Å². The quantitative estimate of drug-likeness (QED) is 0.219. The number of pyridine rings is 4. The van der Waals surface area contributed by atoms with Gasteiger partial charge < -0.3 is 34.8 Å². The molecule has 4 aromatic heterocycles. The van der Waals surface area contributed by atoms with Gasteiger partial charge in [0.1, 0.15) is 11.0 Å². The maximum Gasteiger partial charge on any atom is 0.327 e. The molecule has 4 fully saturated rings. The Balaban J connectivity index is 0.000000139. The van der Waals surface area contributed by atoms with E-state index in [2.05, 4.69) is 66.3 Å². The molecule has 16 heteroatoms. The number of fused-ring (bicyclic) bond motifs is 8. The Labute approximate surface area is 338 Å². The van der Waals surface area contributed by atoms with Gasteiger partial charge in [-0.15, -0.1) is 0 Å². The Hall–Kier alpha value is -5.25. The molecular formula is C41H50ClN11O4. The average Bonchev–Trinajstić information content (AvgIpc) is 3.85. The van der Waals surface area contributed by atoms with Crippen LogP contribution in [0.2, 0.25) is 5.15 Å². The summed E-state index contributed by atoms with van der Waals surface area (Å²) in [5.41, 5.74) is 3.34. The Morgan fingerprint density at radius 1 is 0.719 bits per heavy atom. The summed E-state index contributed by atoms with van der Waals surface area (Å²) in [6, 6.07) is 15.3. The lowest BCUT2D eigenvalue weighted by atomic mass is 10.1. The number of urea groups is 2. The molecular weight excluding hydrogens is 746 g/mol.